The van der Waals surface area contributed by atoms with Crippen LogP contribution in [0.5, 0.6) is 11.5 Å². The first kappa shape index (κ1) is 29.8. The molecule has 6 rings (SSSR count). The van der Waals surface area contributed by atoms with Gasteiger partial charge in [0.1, 0.15) is 17.8 Å². The van der Waals surface area contributed by atoms with Crippen molar-refractivity contribution in [2.75, 3.05) is 38.8 Å². The number of hydrogen-bond donors (Lipinski definition) is 1. The van der Waals surface area contributed by atoms with Gasteiger partial charge in [-0.15, -0.1) is 0 Å². The van der Waals surface area contributed by atoms with E-state index in [1.807, 2.05) is 42.5 Å². The van der Waals surface area contributed by atoms with E-state index < -0.39 is 22.8 Å². The number of benzene rings is 2. The van der Waals surface area contributed by atoms with E-state index in [4.69, 9.17) is 14.3 Å². The molecule has 2 aromatic carbocycles. The average molecular weight is 614 g/mol. The van der Waals surface area contributed by atoms with Gasteiger partial charge in [-0.1, -0.05) is 41.6 Å². The summed E-state index contributed by atoms with van der Waals surface area (Å²) in [5, 5.41) is 14.0. The summed E-state index contributed by atoms with van der Waals surface area (Å²) in [7, 11) is 3.13. The molecule has 2 aliphatic rings. The molecule has 1 aliphatic heterocycles. The summed E-state index contributed by atoms with van der Waals surface area (Å²) in [5.41, 5.74) is 1.55. The molecule has 1 saturated carbocycles. The van der Waals surface area contributed by atoms with Crippen LogP contribution in [0, 0.1) is 11.7 Å². The highest BCUT2D eigenvalue weighted by molar-refractivity contribution is 5.95. The van der Waals surface area contributed by atoms with E-state index in [0.717, 1.165) is 30.0 Å². The van der Waals surface area contributed by atoms with E-state index >= 15 is 4.39 Å². The topological polar surface area (TPSA) is 128 Å². The van der Waals surface area contributed by atoms with Crippen LogP contribution < -0.4 is 19.8 Å². The number of carboxylic acids is 1. The van der Waals surface area contributed by atoms with E-state index in [0.29, 0.717) is 30.3 Å². The molecule has 2 aromatic heterocycles. The zero-order valence-corrected chi connectivity index (χ0v) is 24.9. The van der Waals surface area contributed by atoms with Crippen molar-refractivity contribution in [1.82, 2.24) is 9.55 Å². The van der Waals surface area contributed by atoms with Crippen molar-refractivity contribution in [2.45, 2.75) is 25.5 Å². The maximum Gasteiger partial charge on any atom is 0.341 e. The van der Waals surface area contributed by atoms with Gasteiger partial charge in [0, 0.05) is 37.5 Å². The van der Waals surface area contributed by atoms with Crippen LogP contribution in [-0.4, -0.2) is 66.4 Å². The molecule has 1 saturated heterocycles. The van der Waals surface area contributed by atoms with E-state index in [-0.39, 0.29) is 42.0 Å². The Kier molecular flexibility index (Phi) is 8.45. The lowest BCUT2D eigenvalue weighted by atomic mass is 10.1. The molecule has 1 aliphatic carbocycles. The van der Waals surface area contributed by atoms with Gasteiger partial charge in [0.05, 0.1) is 31.9 Å². The molecule has 1 atom stereocenters. The van der Waals surface area contributed by atoms with Gasteiger partial charge < -0.3 is 28.9 Å². The predicted octanol–water partition coefficient (Wildman–Crippen LogP) is 4.71. The van der Waals surface area contributed by atoms with E-state index in [2.05, 4.69) is 15.1 Å². The number of carbonyl (C=O) groups is 1. The van der Waals surface area contributed by atoms with Gasteiger partial charge in [-0.2, -0.15) is 0 Å². The maximum absolute atomic E-state index is 15.6. The van der Waals surface area contributed by atoms with Crippen LogP contribution in [0.4, 0.5) is 10.2 Å². The number of anilines is 1. The Bertz CT molecular complexity index is 1850. The molecule has 12 heteroatoms. The summed E-state index contributed by atoms with van der Waals surface area (Å²) in [5.74, 6) is -1.04. The summed E-state index contributed by atoms with van der Waals surface area (Å²) in [6, 6.07) is 16.3. The van der Waals surface area contributed by atoms with Crippen molar-refractivity contribution in [2.24, 2.45) is 16.1 Å². The van der Waals surface area contributed by atoms with Gasteiger partial charge in [0.25, 0.3) is 0 Å². The highest BCUT2D eigenvalue weighted by Crippen LogP contribution is 2.37. The van der Waals surface area contributed by atoms with Crippen LogP contribution in [0.15, 0.2) is 75.7 Å². The normalized spacial score (nSPS) is 17.4. The molecule has 3 heterocycles. The third-order valence-electron chi connectivity index (χ3n) is 7.90. The number of oxime groups is 1. The Morgan fingerprint density at radius 1 is 1.11 bits per heavy atom. The molecule has 1 unspecified atom stereocenters. The highest BCUT2D eigenvalue weighted by atomic mass is 19.1. The largest absolute Gasteiger partial charge is 0.493 e. The second-order valence-electron chi connectivity index (χ2n) is 11.0. The Labute approximate surface area is 258 Å². The van der Waals surface area contributed by atoms with Crippen molar-refractivity contribution in [3.63, 3.8) is 0 Å². The fourth-order valence-corrected chi connectivity index (χ4v) is 5.42. The number of hydrogen-bond acceptors (Lipinski definition) is 9. The minimum Gasteiger partial charge on any atom is -0.493 e. The van der Waals surface area contributed by atoms with Crippen molar-refractivity contribution in [1.29, 1.82) is 0 Å². The molecule has 0 bridgehead atoms. The van der Waals surface area contributed by atoms with E-state index in [9.17, 15) is 14.7 Å². The van der Waals surface area contributed by atoms with Crippen LogP contribution in [0.2, 0.25) is 0 Å². The summed E-state index contributed by atoms with van der Waals surface area (Å²) in [6.07, 6.45) is 4.75. The molecule has 45 heavy (non-hydrogen) atoms. The average Bonchev–Trinajstić information content (AvgIpc) is 3.82. The number of ether oxygens (including phenoxy) is 2. The molecule has 0 radical (unpaired) electrons. The van der Waals surface area contributed by atoms with Crippen LogP contribution in [0.25, 0.3) is 11.0 Å². The maximum atomic E-state index is 15.6. The standard InChI is InChI=1S/C33H32FN5O6/c1-43-28-11-8-21(12-29(28)44-2)19-45-37-27-18-38(16-22(27)15-35-14-20-6-4-3-5-7-20)32-26(34)13-24-30(40)25(33(41)42)17-39(23-9-10-23)31(24)36-32/h3-8,11-14,17,22-23H,9-10,15-16,18-19H2,1-2H3,(H,41,42)/b35-14?,37-27+. The second-order valence-corrected chi connectivity index (χ2v) is 11.0. The molecule has 1 N–H and O–H groups in total. The number of carboxylic acid groups (broad SMARTS) is 1. The lowest BCUT2D eigenvalue weighted by Gasteiger charge is -2.19. The summed E-state index contributed by atoms with van der Waals surface area (Å²) in [4.78, 5) is 41.4. The number of fused-ring (bicyclic) bond motifs is 1. The van der Waals surface area contributed by atoms with Crippen LogP contribution in [0.3, 0.4) is 0 Å². The van der Waals surface area contributed by atoms with Gasteiger partial charge in [-0.05, 0) is 42.2 Å². The number of pyridine rings is 2. The molecule has 4 aromatic rings. The van der Waals surface area contributed by atoms with Gasteiger partial charge in [0.2, 0.25) is 5.43 Å². The Morgan fingerprint density at radius 3 is 2.60 bits per heavy atom. The van der Waals surface area contributed by atoms with Crippen molar-refractivity contribution in [3.8, 4) is 11.5 Å². The fraction of sp³-hybridized carbons (Fsp3) is 0.303. The molecule has 11 nitrogen and oxygen atoms in total. The van der Waals surface area contributed by atoms with Gasteiger partial charge in [0.15, 0.2) is 23.1 Å². The van der Waals surface area contributed by atoms with Crippen molar-refractivity contribution in [3.05, 3.63) is 93.5 Å². The van der Waals surface area contributed by atoms with E-state index in [1.54, 1.807) is 36.0 Å². The van der Waals surface area contributed by atoms with E-state index in [1.165, 1.54) is 6.20 Å². The third-order valence-corrected chi connectivity index (χ3v) is 7.90. The predicted molar refractivity (Wildman–Crippen MR) is 168 cm³/mol. The SMILES string of the molecule is COc1ccc(CO/N=C2\CN(c3nc4c(cc3F)c(=O)c(C(=O)O)cn4C3CC3)CC2CN=Cc2ccccc2)cc1OC. The fourth-order valence-electron chi connectivity index (χ4n) is 5.42. The first-order valence-corrected chi connectivity index (χ1v) is 14.5. The van der Waals surface area contributed by atoms with Crippen LogP contribution in [0.1, 0.15) is 40.4 Å². The zero-order valence-electron chi connectivity index (χ0n) is 24.9. The zero-order chi connectivity index (χ0) is 31.5. The van der Waals surface area contributed by atoms with Crippen molar-refractivity contribution < 1.29 is 28.6 Å². The van der Waals surface area contributed by atoms with Crippen molar-refractivity contribution >= 4 is 34.7 Å². The Balaban J connectivity index is 1.29. The molecule has 2 fully saturated rings. The lowest BCUT2D eigenvalue weighted by Crippen LogP contribution is -2.25. The number of nitrogens with zero attached hydrogens (tertiary/aromatic N) is 5. The van der Waals surface area contributed by atoms with Gasteiger partial charge in [-0.25, -0.2) is 14.2 Å². The number of aliphatic imine (C=N–C) groups is 1. The number of rotatable bonds is 11. The Hall–Kier alpha value is -5.26. The lowest BCUT2D eigenvalue weighted by molar-refractivity contribution is 0.0694. The van der Waals surface area contributed by atoms with Gasteiger partial charge >= 0.3 is 5.97 Å². The molecular formula is C33H32FN5O6. The quantitative estimate of drug-likeness (QED) is 0.190. The van der Waals surface area contributed by atoms with Crippen LogP contribution in [-0.2, 0) is 11.4 Å². The molecule has 0 spiro atoms. The first-order valence-electron chi connectivity index (χ1n) is 14.5. The summed E-state index contributed by atoms with van der Waals surface area (Å²) in [6.45, 7) is 1.15. The molecule has 0 amide bonds. The van der Waals surface area contributed by atoms with Gasteiger partial charge in [-0.3, -0.25) is 9.79 Å². The summed E-state index contributed by atoms with van der Waals surface area (Å²) < 4.78 is 28.0. The highest BCUT2D eigenvalue weighted by Gasteiger charge is 2.34. The smallest absolute Gasteiger partial charge is 0.341 e. The minimum atomic E-state index is -1.35. The third kappa shape index (κ3) is 6.35. The number of methoxy groups -OCH3 is 2. The molecular weight excluding hydrogens is 581 g/mol. The minimum absolute atomic E-state index is 0.0118. The second kappa shape index (κ2) is 12.8. The molecule has 232 valence electrons. The number of aromatic nitrogens is 2. The first-order chi connectivity index (χ1) is 21.9. The van der Waals surface area contributed by atoms with Crippen LogP contribution >= 0.6 is 0 Å². The number of halogens is 1. The summed E-state index contributed by atoms with van der Waals surface area (Å²) >= 11 is 0. The number of aromatic carboxylic acids is 1. The monoisotopic (exact) mass is 613 g/mol. The Morgan fingerprint density at radius 2 is 1.89 bits per heavy atom.